The molecule has 0 aliphatic carbocycles. The number of hydrogen-bond donors (Lipinski definition) is 3. The van der Waals surface area contributed by atoms with Crippen LogP contribution in [0.5, 0.6) is 0 Å². The van der Waals surface area contributed by atoms with E-state index in [1.165, 1.54) is 5.01 Å². The fourth-order valence-electron chi connectivity index (χ4n) is 1.53. The minimum atomic E-state index is -3.61. The number of aromatic amines is 1. The maximum atomic E-state index is 12.0. The third-order valence-corrected chi connectivity index (χ3v) is 3.77. The van der Waals surface area contributed by atoms with Gasteiger partial charge in [0, 0.05) is 31.9 Å². The van der Waals surface area contributed by atoms with Gasteiger partial charge in [-0.1, -0.05) is 6.92 Å². The zero-order valence-electron chi connectivity index (χ0n) is 11.2. The number of hydrogen-bond acceptors (Lipinski definition) is 5. The van der Waals surface area contributed by atoms with E-state index >= 15 is 0 Å². The summed E-state index contributed by atoms with van der Waals surface area (Å²) in [4.78, 5) is 2.37. The third-order valence-electron chi connectivity index (χ3n) is 2.32. The van der Waals surface area contributed by atoms with Gasteiger partial charge in [0.05, 0.1) is 0 Å². The normalized spacial score (nSPS) is 12.3. The van der Waals surface area contributed by atoms with E-state index in [4.69, 9.17) is 0 Å². The van der Waals surface area contributed by atoms with Crippen molar-refractivity contribution in [3.63, 3.8) is 0 Å². The lowest BCUT2D eigenvalue weighted by molar-refractivity contribution is 0.363. The number of nitrogens with one attached hydrogen (secondary N) is 3. The van der Waals surface area contributed by atoms with E-state index in [0.29, 0.717) is 12.1 Å². The highest BCUT2D eigenvalue weighted by Gasteiger charge is 2.23. The molecule has 7 nitrogen and oxygen atoms in total. The zero-order chi connectivity index (χ0) is 13.8. The second kappa shape index (κ2) is 6.28. The molecule has 0 aliphatic rings. The molecule has 0 atom stereocenters. The van der Waals surface area contributed by atoms with Crippen molar-refractivity contribution in [1.82, 2.24) is 25.4 Å². The molecule has 0 fully saturated rings. The average molecular weight is 275 g/mol. The fourth-order valence-corrected chi connectivity index (χ4v) is 2.82. The van der Waals surface area contributed by atoms with Gasteiger partial charge in [0.2, 0.25) is 0 Å². The number of aromatic nitrogens is 2. The molecule has 18 heavy (non-hydrogen) atoms. The van der Waals surface area contributed by atoms with Gasteiger partial charge in [-0.05, 0) is 19.9 Å². The van der Waals surface area contributed by atoms with Crippen molar-refractivity contribution in [1.29, 1.82) is 0 Å². The summed E-state index contributed by atoms with van der Waals surface area (Å²) in [6, 6.07) is 0. The summed E-state index contributed by atoms with van der Waals surface area (Å²) in [5, 5.41) is 11.2. The third kappa shape index (κ3) is 3.77. The highest BCUT2D eigenvalue weighted by atomic mass is 32.2. The SMILES string of the molecule is CCCNCc1c(S(=O)(=O)NN(C)C)n[nH]c1C. The Morgan fingerprint density at radius 1 is 1.39 bits per heavy atom. The van der Waals surface area contributed by atoms with Crippen LogP contribution in [0.15, 0.2) is 5.03 Å². The molecule has 0 spiro atoms. The molecule has 0 unspecified atom stereocenters. The molecule has 3 N–H and O–H groups in total. The molecule has 0 amide bonds. The Morgan fingerprint density at radius 3 is 2.61 bits per heavy atom. The van der Waals surface area contributed by atoms with E-state index in [0.717, 1.165) is 18.7 Å². The summed E-state index contributed by atoms with van der Waals surface area (Å²) in [6.07, 6.45) is 0.995. The van der Waals surface area contributed by atoms with Crippen molar-refractivity contribution < 1.29 is 8.42 Å². The summed E-state index contributed by atoms with van der Waals surface area (Å²) < 4.78 is 24.1. The predicted octanol–water partition coefficient (Wildman–Crippen LogP) is -0.0274. The van der Waals surface area contributed by atoms with E-state index in [1.54, 1.807) is 14.1 Å². The lowest BCUT2D eigenvalue weighted by atomic mass is 10.2. The van der Waals surface area contributed by atoms with Crippen LogP contribution < -0.4 is 10.1 Å². The molecule has 0 saturated heterocycles. The fraction of sp³-hybridized carbons (Fsp3) is 0.700. The van der Waals surface area contributed by atoms with E-state index in [-0.39, 0.29) is 5.03 Å². The number of rotatable bonds is 7. The zero-order valence-corrected chi connectivity index (χ0v) is 12.1. The number of aryl methyl sites for hydroxylation is 1. The smallest absolute Gasteiger partial charge is 0.273 e. The molecule has 1 heterocycles. The van der Waals surface area contributed by atoms with Crippen LogP contribution in [0.2, 0.25) is 0 Å². The monoisotopic (exact) mass is 275 g/mol. The molecular weight excluding hydrogens is 254 g/mol. The van der Waals surface area contributed by atoms with Crippen LogP contribution in [0.4, 0.5) is 0 Å². The number of hydrazine groups is 1. The summed E-state index contributed by atoms with van der Waals surface area (Å²) in [5.74, 6) is 0. The average Bonchev–Trinajstić information content (AvgIpc) is 2.60. The molecule has 8 heteroatoms. The number of sulfonamides is 1. The Bertz CT molecular complexity index is 480. The molecular formula is C10H21N5O2S. The number of nitrogens with zero attached hydrogens (tertiary/aromatic N) is 2. The Labute approximate surface area is 108 Å². The van der Waals surface area contributed by atoms with Gasteiger partial charge in [-0.15, -0.1) is 4.83 Å². The minimum absolute atomic E-state index is 0.0531. The molecule has 0 bridgehead atoms. The van der Waals surface area contributed by atoms with Gasteiger partial charge in [-0.3, -0.25) is 5.10 Å². The molecule has 0 aromatic carbocycles. The predicted molar refractivity (Wildman–Crippen MR) is 69.3 cm³/mol. The first-order valence-corrected chi connectivity index (χ1v) is 7.31. The standard InChI is InChI=1S/C10H21N5O2S/c1-5-6-11-7-9-8(2)12-13-10(9)18(16,17)14-15(3)4/h11,14H,5-7H2,1-4H3,(H,12,13). The van der Waals surface area contributed by atoms with Gasteiger partial charge in [-0.25, -0.2) is 13.4 Å². The first kappa shape index (κ1) is 15.1. The Kier molecular flexibility index (Phi) is 5.27. The van der Waals surface area contributed by atoms with Crippen LogP contribution in [0.1, 0.15) is 24.6 Å². The second-order valence-electron chi connectivity index (χ2n) is 4.30. The minimum Gasteiger partial charge on any atom is -0.313 e. The van der Waals surface area contributed by atoms with Crippen molar-refractivity contribution in [3.05, 3.63) is 11.3 Å². The van der Waals surface area contributed by atoms with E-state index in [1.807, 2.05) is 6.92 Å². The lowest BCUT2D eigenvalue weighted by Gasteiger charge is -2.12. The Balaban J connectivity index is 2.95. The van der Waals surface area contributed by atoms with Crippen LogP contribution in [-0.2, 0) is 16.6 Å². The molecule has 1 aromatic heterocycles. The number of H-pyrrole nitrogens is 1. The topological polar surface area (TPSA) is 90.1 Å². The van der Waals surface area contributed by atoms with Gasteiger partial charge in [0.1, 0.15) is 0 Å². The largest absolute Gasteiger partial charge is 0.313 e. The van der Waals surface area contributed by atoms with Crippen molar-refractivity contribution >= 4 is 10.0 Å². The summed E-state index contributed by atoms with van der Waals surface area (Å²) in [7, 11) is -0.379. The van der Waals surface area contributed by atoms with Crippen LogP contribution in [0, 0.1) is 6.92 Å². The highest BCUT2D eigenvalue weighted by Crippen LogP contribution is 2.15. The van der Waals surface area contributed by atoms with Gasteiger partial charge in [0.25, 0.3) is 10.0 Å². The maximum Gasteiger partial charge on any atom is 0.273 e. The van der Waals surface area contributed by atoms with Crippen LogP contribution >= 0.6 is 0 Å². The Morgan fingerprint density at radius 2 is 2.06 bits per heavy atom. The Hall–Kier alpha value is -0.960. The highest BCUT2D eigenvalue weighted by molar-refractivity contribution is 7.89. The van der Waals surface area contributed by atoms with E-state index < -0.39 is 10.0 Å². The molecule has 0 aliphatic heterocycles. The summed E-state index contributed by atoms with van der Waals surface area (Å²) in [6.45, 7) is 5.19. The van der Waals surface area contributed by atoms with Crippen LogP contribution in [0.25, 0.3) is 0 Å². The van der Waals surface area contributed by atoms with E-state index in [2.05, 4.69) is 27.3 Å². The summed E-state index contributed by atoms with van der Waals surface area (Å²) >= 11 is 0. The van der Waals surface area contributed by atoms with Crippen molar-refractivity contribution in [2.75, 3.05) is 20.6 Å². The first-order valence-electron chi connectivity index (χ1n) is 5.82. The van der Waals surface area contributed by atoms with Crippen LogP contribution in [-0.4, -0.2) is 44.3 Å². The maximum absolute atomic E-state index is 12.0. The molecule has 1 rings (SSSR count). The first-order chi connectivity index (χ1) is 8.38. The van der Waals surface area contributed by atoms with Crippen LogP contribution in [0.3, 0.4) is 0 Å². The second-order valence-corrected chi connectivity index (χ2v) is 5.87. The van der Waals surface area contributed by atoms with E-state index in [9.17, 15) is 8.42 Å². The van der Waals surface area contributed by atoms with Gasteiger partial charge >= 0.3 is 0 Å². The lowest BCUT2D eigenvalue weighted by Crippen LogP contribution is -2.37. The van der Waals surface area contributed by atoms with Crippen molar-refractivity contribution in [2.24, 2.45) is 0 Å². The molecule has 104 valence electrons. The summed E-state index contributed by atoms with van der Waals surface area (Å²) in [5.41, 5.74) is 1.44. The molecule has 0 saturated carbocycles. The van der Waals surface area contributed by atoms with Gasteiger partial charge < -0.3 is 5.32 Å². The van der Waals surface area contributed by atoms with Gasteiger partial charge in [-0.2, -0.15) is 5.10 Å². The van der Waals surface area contributed by atoms with Crippen molar-refractivity contribution in [3.8, 4) is 0 Å². The quantitative estimate of drug-likeness (QED) is 0.480. The van der Waals surface area contributed by atoms with Crippen molar-refractivity contribution in [2.45, 2.75) is 31.8 Å². The molecule has 0 radical (unpaired) electrons. The molecule has 1 aromatic rings. The van der Waals surface area contributed by atoms with Gasteiger partial charge in [0.15, 0.2) is 5.03 Å².